The van der Waals surface area contributed by atoms with Gasteiger partial charge in [-0.1, -0.05) is 23.7 Å². The minimum atomic E-state index is 0.0214. The Labute approximate surface area is 141 Å². The largest absolute Gasteiger partial charge is 0.323 e. The monoisotopic (exact) mass is 348 g/mol. The molecule has 6 heteroatoms. The van der Waals surface area contributed by atoms with Gasteiger partial charge in [-0.15, -0.1) is 11.3 Å². The van der Waals surface area contributed by atoms with Gasteiger partial charge in [0.05, 0.1) is 11.9 Å². The number of hydrogen-bond acceptors (Lipinski definition) is 3. The lowest BCUT2D eigenvalue weighted by atomic mass is 10.2. The number of fused-ring (bicyclic) bond motifs is 3. The van der Waals surface area contributed by atoms with Crippen molar-refractivity contribution in [1.82, 2.24) is 9.55 Å². The van der Waals surface area contributed by atoms with Gasteiger partial charge in [-0.3, -0.25) is 9.36 Å². The average molecular weight is 349 g/mol. The first-order valence-electron chi connectivity index (χ1n) is 7.15. The van der Waals surface area contributed by atoms with Gasteiger partial charge >= 0.3 is 0 Å². The summed E-state index contributed by atoms with van der Waals surface area (Å²) in [6.45, 7) is 0.464. The number of benzene rings is 1. The van der Waals surface area contributed by atoms with E-state index >= 15 is 0 Å². The fourth-order valence-electron chi connectivity index (χ4n) is 3.03. The van der Waals surface area contributed by atoms with Crippen LogP contribution in [0.2, 0.25) is 5.02 Å². The number of aryl methyl sites for hydroxylation is 2. The highest BCUT2D eigenvalue weighted by atomic mass is 35.5. The van der Waals surface area contributed by atoms with E-state index in [2.05, 4.69) is 4.98 Å². The molecule has 2 aromatic heterocycles. The molecular formula is C16H13ClN2OS2. The molecule has 4 rings (SSSR count). The Morgan fingerprint density at radius 3 is 2.82 bits per heavy atom. The van der Waals surface area contributed by atoms with Crippen LogP contribution in [0.1, 0.15) is 22.4 Å². The van der Waals surface area contributed by atoms with Crippen molar-refractivity contribution in [2.24, 2.45) is 0 Å². The van der Waals surface area contributed by atoms with Gasteiger partial charge in [0.25, 0.3) is 5.56 Å². The minimum absolute atomic E-state index is 0.0214. The molecule has 0 saturated heterocycles. The molecule has 0 amide bonds. The number of rotatable bonds is 2. The lowest BCUT2D eigenvalue weighted by Gasteiger charge is -2.07. The molecule has 0 bridgehead atoms. The number of hydrogen-bond donors (Lipinski definition) is 1. The highest BCUT2D eigenvalue weighted by Gasteiger charge is 2.21. The normalized spacial score (nSPS) is 13.7. The standard InChI is InChI=1S/C16H13ClN2OS2/c17-10-6-4-9(5-7-10)8-19-15(20)13-11-2-1-3-12(11)22-14(13)18-16(19)21/h4-7H,1-3,8H2,(H,18,21). The Bertz CT molecular complexity index is 982. The molecule has 0 atom stereocenters. The summed E-state index contributed by atoms with van der Waals surface area (Å²) in [7, 11) is 0. The van der Waals surface area contributed by atoms with E-state index in [1.165, 1.54) is 10.4 Å². The van der Waals surface area contributed by atoms with E-state index in [0.717, 1.165) is 35.0 Å². The van der Waals surface area contributed by atoms with Crippen molar-refractivity contribution in [3.63, 3.8) is 0 Å². The van der Waals surface area contributed by atoms with E-state index in [-0.39, 0.29) is 5.56 Å². The molecular weight excluding hydrogens is 336 g/mol. The maximum Gasteiger partial charge on any atom is 0.263 e. The third kappa shape index (κ3) is 2.24. The van der Waals surface area contributed by atoms with Crippen LogP contribution in [0, 0.1) is 4.77 Å². The molecule has 1 N–H and O–H groups in total. The first-order valence-corrected chi connectivity index (χ1v) is 8.75. The predicted molar refractivity (Wildman–Crippen MR) is 93.8 cm³/mol. The summed E-state index contributed by atoms with van der Waals surface area (Å²) < 4.78 is 2.12. The van der Waals surface area contributed by atoms with Crippen LogP contribution in [0.25, 0.3) is 10.2 Å². The van der Waals surface area contributed by atoms with Crippen molar-refractivity contribution in [3.05, 3.63) is 60.4 Å². The number of nitrogens with one attached hydrogen (secondary N) is 1. The van der Waals surface area contributed by atoms with Crippen LogP contribution in [0.3, 0.4) is 0 Å². The number of aromatic nitrogens is 2. The van der Waals surface area contributed by atoms with Crippen LogP contribution in [0.4, 0.5) is 0 Å². The summed E-state index contributed by atoms with van der Waals surface area (Å²) in [5.41, 5.74) is 2.26. The van der Waals surface area contributed by atoms with Gasteiger partial charge in [0.2, 0.25) is 0 Å². The van der Waals surface area contributed by atoms with Crippen molar-refractivity contribution >= 4 is 45.4 Å². The summed E-state index contributed by atoms with van der Waals surface area (Å²) in [6, 6.07) is 7.50. The Morgan fingerprint density at radius 2 is 2.05 bits per heavy atom. The lowest BCUT2D eigenvalue weighted by Crippen LogP contribution is -2.22. The van der Waals surface area contributed by atoms with Crippen molar-refractivity contribution in [1.29, 1.82) is 0 Å². The van der Waals surface area contributed by atoms with E-state index in [1.807, 2.05) is 24.3 Å². The second-order valence-electron chi connectivity index (χ2n) is 5.51. The van der Waals surface area contributed by atoms with E-state index in [0.29, 0.717) is 16.3 Å². The van der Waals surface area contributed by atoms with Crippen LogP contribution in [0.15, 0.2) is 29.1 Å². The Balaban J connectivity index is 1.89. The summed E-state index contributed by atoms with van der Waals surface area (Å²) in [6.07, 6.45) is 3.21. The van der Waals surface area contributed by atoms with Gasteiger partial charge in [-0.25, -0.2) is 0 Å². The van der Waals surface area contributed by atoms with Crippen molar-refractivity contribution in [2.45, 2.75) is 25.8 Å². The third-order valence-corrected chi connectivity index (χ3v) is 5.88. The molecule has 0 aliphatic heterocycles. The molecule has 3 nitrogen and oxygen atoms in total. The minimum Gasteiger partial charge on any atom is -0.323 e. The van der Waals surface area contributed by atoms with Gasteiger partial charge in [-0.05, 0) is 54.7 Å². The first kappa shape index (κ1) is 14.2. The maximum atomic E-state index is 12.9. The highest BCUT2D eigenvalue weighted by Crippen LogP contribution is 2.34. The van der Waals surface area contributed by atoms with Crippen LogP contribution >= 0.6 is 35.2 Å². The second kappa shape index (κ2) is 5.33. The zero-order valence-corrected chi connectivity index (χ0v) is 14.1. The van der Waals surface area contributed by atoms with Gasteiger partial charge in [-0.2, -0.15) is 0 Å². The zero-order chi connectivity index (χ0) is 15.3. The molecule has 0 unspecified atom stereocenters. The highest BCUT2D eigenvalue weighted by molar-refractivity contribution is 7.71. The molecule has 0 spiro atoms. The van der Waals surface area contributed by atoms with E-state index in [1.54, 1.807) is 15.9 Å². The third-order valence-electron chi connectivity index (χ3n) is 4.10. The predicted octanol–water partition coefficient (Wildman–Crippen LogP) is 4.31. The fraction of sp³-hybridized carbons (Fsp3) is 0.250. The van der Waals surface area contributed by atoms with Gasteiger partial charge in [0.15, 0.2) is 4.77 Å². The molecule has 1 aliphatic rings. The number of halogens is 1. The van der Waals surface area contributed by atoms with Crippen molar-refractivity contribution in [2.75, 3.05) is 0 Å². The van der Waals surface area contributed by atoms with Gasteiger partial charge in [0, 0.05) is 9.90 Å². The lowest BCUT2D eigenvalue weighted by molar-refractivity contribution is 0.734. The van der Waals surface area contributed by atoms with E-state index in [9.17, 15) is 4.79 Å². The maximum absolute atomic E-state index is 12.9. The number of aromatic amines is 1. The number of thiophene rings is 1. The summed E-state index contributed by atoms with van der Waals surface area (Å²) in [4.78, 5) is 18.4. The number of H-pyrrole nitrogens is 1. The molecule has 1 aliphatic carbocycles. The van der Waals surface area contributed by atoms with E-state index in [4.69, 9.17) is 23.8 Å². The fourth-order valence-corrected chi connectivity index (χ4v) is 4.75. The van der Waals surface area contributed by atoms with Crippen LogP contribution in [-0.2, 0) is 19.4 Å². The number of nitrogens with zero attached hydrogens (tertiary/aromatic N) is 1. The summed E-state index contributed by atoms with van der Waals surface area (Å²) in [5.74, 6) is 0. The Kier molecular flexibility index (Phi) is 3.44. The van der Waals surface area contributed by atoms with Gasteiger partial charge < -0.3 is 4.98 Å². The molecule has 112 valence electrons. The quantitative estimate of drug-likeness (QED) is 0.701. The SMILES string of the molecule is O=c1c2c3c(sc2[nH]c(=S)n1Cc1ccc(Cl)cc1)CCC3. The van der Waals surface area contributed by atoms with Crippen LogP contribution in [0.5, 0.6) is 0 Å². The molecule has 2 heterocycles. The smallest absolute Gasteiger partial charge is 0.263 e. The van der Waals surface area contributed by atoms with E-state index < -0.39 is 0 Å². The van der Waals surface area contributed by atoms with Gasteiger partial charge in [0.1, 0.15) is 4.83 Å². The van der Waals surface area contributed by atoms with Crippen LogP contribution in [-0.4, -0.2) is 9.55 Å². The van der Waals surface area contributed by atoms with Crippen molar-refractivity contribution in [3.8, 4) is 0 Å². The molecule has 3 aromatic rings. The first-order chi connectivity index (χ1) is 10.6. The molecule has 0 fully saturated rings. The van der Waals surface area contributed by atoms with Crippen LogP contribution < -0.4 is 5.56 Å². The second-order valence-corrected chi connectivity index (χ2v) is 7.44. The Hall–Kier alpha value is -1.43. The summed E-state index contributed by atoms with van der Waals surface area (Å²) in [5, 5.41) is 1.52. The topological polar surface area (TPSA) is 37.8 Å². The Morgan fingerprint density at radius 1 is 1.27 bits per heavy atom. The summed E-state index contributed by atoms with van der Waals surface area (Å²) >= 11 is 13.0. The van der Waals surface area contributed by atoms with Crippen molar-refractivity contribution < 1.29 is 0 Å². The zero-order valence-electron chi connectivity index (χ0n) is 11.7. The molecule has 0 radical (unpaired) electrons. The molecule has 1 aromatic carbocycles. The average Bonchev–Trinajstić information content (AvgIpc) is 3.05. The molecule has 0 saturated carbocycles. The molecule has 22 heavy (non-hydrogen) atoms.